The van der Waals surface area contributed by atoms with E-state index in [-0.39, 0.29) is 0 Å². The van der Waals surface area contributed by atoms with E-state index in [1.165, 1.54) is 5.39 Å². The Kier molecular flexibility index (Phi) is 4.66. The second-order valence-corrected chi connectivity index (χ2v) is 7.78. The van der Waals surface area contributed by atoms with Crippen molar-refractivity contribution < 1.29 is 0 Å². The van der Waals surface area contributed by atoms with Gasteiger partial charge in [0.25, 0.3) is 0 Å². The van der Waals surface area contributed by atoms with Crippen molar-refractivity contribution >= 4 is 26.7 Å². The van der Waals surface area contributed by atoms with E-state index in [0.29, 0.717) is 0 Å². The van der Waals surface area contributed by atoms with Gasteiger partial charge in [0, 0.05) is 21.2 Å². The Labute approximate surface area is 178 Å². The molecule has 29 heavy (non-hydrogen) atoms. The largest absolute Gasteiger partial charge is 0.228 e. The van der Waals surface area contributed by atoms with Crippen LogP contribution in [0.5, 0.6) is 0 Å². The maximum Gasteiger partial charge on any atom is 0.161 e. The maximum absolute atomic E-state index is 4.96. The zero-order valence-corrected chi connectivity index (χ0v) is 17.2. The van der Waals surface area contributed by atoms with Gasteiger partial charge in [-0.15, -0.1) is 0 Å². The van der Waals surface area contributed by atoms with Gasteiger partial charge in [-0.2, -0.15) is 0 Å². The number of nitrogens with zero attached hydrogens (tertiary/aromatic N) is 2. The van der Waals surface area contributed by atoms with Crippen molar-refractivity contribution in [3.05, 3.63) is 108 Å². The van der Waals surface area contributed by atoms with Gasteiger partial charge in [-0.05, 0) is 29.0 Å². The molecule has 1 heterocycles. The fourth-order valence-electron chi connectivity index (χ4n) is 3.54. The highest BCUT2D eigenvalue weighted by Gasteiger charge is 2.12. The van der Waals surface area contributed by atoms with Crippen LogP contribution in [0.1, 0.15) is 0 Å². The Morgan fingerprint density at radius 1 is 0.552 bits per heavy atom. The van der Waals surface area contributed by atoms with Crippen LogP contribution in [0, 0.1) is 0 Å². The molecule has 1 aromatic heterocycles. The van der Waals surface area contributed by atoms with E-state index in [1.807, 2.05) is 30.3 Å². The third kappa shape index (κ3) is 3.57. The molecule has 5 aromatic rings. The van der Waals surface area contributed by atoms with Crippen molar-refractivity contribution in [3.63, 3.8) is 0 Å². The molecule has 0 fully saturated rings. The van der Waals surface area contributed by atoms with Gasteiger partial charge in [0.15, 0.2) is 5.82 Å². The number of aromatic nitrogens is 2. The van der Waals surface area contributed by atoms with Crippen LogP contribution < -0.4 is 0 Å². The Morgan fingerprint density at radius 2 is 1.21 bits per heavy atom. The van der Waals surface area contributed by atoms with Gasteiger partial charge in [-0.25, -0.2) is 9.97 Å². The molecule has 0 saturated carbocycles. The van der Waals surface area contributed by atoms with Gasteiger partial charge in [-0.1, -0.05) is 101 Å². The molecule has 138 valence electrons. The second kappa shape index (κ2) is 7.61. The first kappa shape index (κ1) is 17.8. The number of rotatable bonds is 3. The lowest BCUT2D eigenvalue weighted by atomic mass is 10.0. The lowest BCUT2D eigenvalue weighted by Gasteiger charge is -2.11. The molecule has 0 aliphatic heterocycles. The van der Waals surface area contributed by atoms with Crippen molar-refractivity contribution in [2.45, 2.75) is 0 Å². The Balaban J connectivity index is 1.78. The SMILES string of the molecule is Brc1cccc(-c2cc(-c3ccccc3)nc(-c3cccc4ccccc34)n2)c1. The van der Waals surface area contributed by atoms with E-state index in [0.717, 1.165) is 43.8 Å². The van der Waals surface area contributed by atoms with Crippen LogP contribution >= 0.6 is 15.9 Å². The molecule has 0 N–H and O–H groups in total. The van der Waals surface area contributed by atoms with E-state index in [9.17, 15) is 0 Å². The van der Waals surface area contributed by atoms with Gasteiger partial charge in [-0.3, -0.25) is 0 Å². The molecule has 0 saturated heterocycles. The molecular weight excluding hydrogens is 420 g/mol. The summed E-state index contributed by atoms with van der Waals surface area (Å²) in [5.41, 5.74) is 4.99. The van der Waals surface area contributed by atoms with Gasteiger partial charge in [0.05, 0.1) is 11.4 Å². The predicted molar refractivity (Wildman–Crippen MR) is 124 cm³/mol. The second-order valence-electron chi connectivity index (χ2n) is 6.87. The van der Waals surface area contributed by atoms with Gasteiger partial charge >= 0.3 is 0 Å². The quantitative estimate of drug-likeness (QED) is 0.294. The third-order valence-corrected chi connectivity index (χ3v) is 5.44. The lowest BCUT2D eigenvalue weighted by molar-refractivity contribution is 1.19. The van der Waals surface area contributed by atoms with Crippen LogP contribution in [0.15, 0.2) is 108 Å². The highest BCUT2D eigenvalue weighted by molar-refractivity contribution is 9.10. The molecule has 2 nitrogen and oxygen atoms in total. The number of benzene rings is 4. The third-order valence-electron chi connectivity index (χ3n) is 4.95. The fourth-order valence-corrected chi connectivity index (χ4v) is 3.94. The molecular formula is C26H17BrN2. The van der Waals surface area contributed by atoms with Crippen molar-refractivity contribution in [2.24, 2.45) is 0 Å². The number of hydrogen-bond donors (Lipinski definition) is 0. The summed E-state index contributed by atoms with van der Waals surface area (Å²) in [4.78, 5) is 9.91. The molecule has 4 aromatic carbocycles. The first-order valence-electron chi connectivity index (χ1n) is 9.46. The Morgan fingerprint density at radius 3 is 2.03 bits per heavy atom. The van der Waals surface area contributed by atoms with Crippen molar-refractivity contribution in [1.82, 2.24) is 9.97 Å². The minimum atomic E-state index is 0.734. The Bertz CT molecular complexity index is 1310. The Hall–Kier alpha value is -3.30. The number of hydrogen-bond acceptors (Lipinski definition) is 2. The van der Waals surface area contributed by atoms with E-state index in [2.05, 4.69) is 88.7 Å². The smallest absolute Gasteiger partial charge is 0.161 e. The maximum atomic E-state index is 4.96. The number of halogens is 1. The average molecular weight is 437 g/mol. The normalized spacial score (nSPS) is 10.9. The fraction of sp³-hybridized carbons (Fsp3) is 0. The topological polar surface area (TPSA) is 25.8 Å². The minimum absolute atomic E-state index is 0.734. The highest BCUT2D eigenvalue weighted by atomic mass is 79.9. The van der Waals surface area contributed by atoms with Crippen LogP contribution in [0.2, 0.25) is 0 Å². The molecule has 0 radical (unpaired) electrons. The van der Waals surface area contributed by atoms with Crippen LogP contribution in [0.3, 0.4) is 0 Å². The summed E-state index contributed by atoms with van der Waals surface area (Å²) >= 11 is 3.58. The van der Waals surface area contributed by atoms with Crippen LogP contribution in [-0.2, 0) is 0 Å². The van der Waals surface area contributed by atoms with Gasteiger partial charge in [0.1, 0.15) is 0 Å². The van der Waals surface area contributed by atoms with Crippen molar-refractivity contribution in [3.8, 4) is 33.9 Å². The zero-order valence-electron chi connectivity index (χ0n) is 15.6. The summed E-state index contributed by atoms with van der Waals surface area (Å²) in [5, 5.41) is 2.34. The van der Waals surface area contributed by atoms with E-state index in [1.54, 1.807) is 0 Å². The molecule has 0 unspecified atom stereocenters. The summed E-state index contributed by atoms with van der Waals surface area (Å²) in [6.45, 7) is 0. The van der Waals surface area contributed by atoms with Gasteiger partial charge in [0.2, 0.25) is 0 Å². The first-order chi connectivity index (χ1) is 14.3. The van der Waals surface area contributed by atoms with Crippen LogP contribution in [-0.4, -0.2) is 9.97 Å². The van der Waals surface area contributed by atoms with E-state index in [4.69, 9.17) is 9.97 Å². The molecule has 0 atom stereocenters. The molecule has 0 spiro atoms. The van der Waals surface area contributed by atoms with E-state index < -0.39 is 0 Å². The van der Waals surface area contributed by atoms with E-state index >= 15 is 0 Å². The summed E-state index contributed by atoms with van der Waals surface area (Å²) < 4.78 is 1.03. The van der Waals surface area contributed by atoms with Crippen LogP contribution in [0.25, 0.3) is 44.7 Å². The summed E-state index contributed by atoms with van der Waals surface area (Å²) in [7, 11) is 0. The van der Waals surface area contributed by atoms with Gasteiger partial charge < -0.3 is 0 Å². The predicted octanol–water partition coefficient (Wildman–Crippen LogP) is 7.39. The summed E-state index contributed by atoms with van der Waals surface area (Å²) in [5.74, 6) is 0.734. The molecule has 0 amide bonds. The molecule has 5 rings (SSSR count). The van der Waals surface area contributed by atoms with Crippen LogP contribution in [0.4, 0.5) is 0 Å². The average Bonchev–Trinajstić information content (AvgIpc) is 2.79. The standard InChI is InChI=1S/C26H17BrN2/c27-21-13-6-12-20(16-21)25-17-24(19-9-2-1-3-10-19)28-26(29-25)23-15-7-11-18-8-4-5-14-22(18)23/h1-17H. The van der Waals surface area contributed by atoms with Crippen molar-refractivity contribution in [2.75, 3.05) is 0 Å². The zero-order chi connectivity index (χ0) is 19.6. The molecule has 3 heteroatoms. The summed E-state index contributed by atoms with van der Waals surface area (Å²) in [6, 6.07) is 35.2. The lowest BCUT2D eigenvalue weighted by Crippen LogP contribution is -1.96. The van der Waals surface area contributed by atoms with Crippen molar-refractivity contribution in [1.29, 1.82) is 0 Å². The first-order valence-corrected chi connectivity index (χ1v) is 10.3. The highest BCUT2D eigenvalue weighted by Crippen LogP contribution is 2.31. The number of fused-ring (bicyclic) bond motifs is 1. The molecule has 0 aliphatic carbocycles. The monoisotopic (exact) mass is 436 g/mol. The minimum Gasteiger partial charge on any atom is -0.228 e. The molecule has 0 bridgehead atoms. The molecule has 0 aliphatic rings. The summed E-state index contributed by atoms with van der Waals surface area (Å²) in [6.07, 6.45) is 0.